The number of methoxy groups -OCH3 is 2. The van der Waals surface area contributed by atoms with Gasteiger partial charge in [-0.3, -0.25) is 4.99 Å². The van der Waals surface area contributed by atoms with E-state index >= 15 is 0 Å². The van der Waals surface area contributed by atoms with Crippen molar-refractivity contribution in [2.75, 3.05) is 46.3 Å². The molecule has 1 fully saturated rings. The topological polar surface area (TPSA) is 64.1 Å². The Hall–Kier alpha value is -1.95. The molecule has 2 N–H and O–H groups in total. The zero-order valence-electron chi connectivity index (χ0n) is 13.5. The van der Waals surface area contributed by atoms with Crippen LogP contribution < -0.4 is 20.1 Å². The van der Waals surface area contributed by atoms with Crippen LogP contribution in [0.3, 0.4) is 0 Å². The molecule has 1 aromatic carbocycles. The molecule has 1 aliphatic rings. The summed E-state index contributed by atoms with van der Waals surface area (Å²) in [6, 6.07) is 5.64. The van der Waals surface area contributed by atoms with Crippen molar-refractivity contribution in [1.29, 1.82) is 0 Å². The maximum absolute atomic E-state index is 5.59. The second kappa shape index (κ2) is 8.48. The molecule has 122 valence electrons. The third-order valence-corrected chi connectivity index (χ3v) is 3.46. The summed E-state index contributed by atoms with van der Waals surface area (Å²) in [5.74, 6) is 2.87. The lowest BCUT2D eigenvalue weighted by atomic mass is 10.3. The number of hydrogen-bond donors (Lipinski definition) is 2. The smallest absolute Gasteiger partial charge is 0.195 e. The van der Waals surface area contributed by atoms with Crippen molar-refractivity contribution in [1.82, 2.24) is 5.32 Å². The quantitative estimate of drug-likeness (QED) is 0.437. The third-order valence-electron chi connectivity index (χ3n) is 3.46. The number of aliphatic imine (C=N–C) groups is 1. The first-order valence-corrected chi connectivity index (χ1v) is 7.54. The average Bonchev–Trinajstić information content (AvgIpc) is 3.37. The van der Waals surface area contributed by atoms with Gasteiger partial charge in [-0.05, 0) is 30.9 Å². The molecule has 0 amide bonds. The number of hydrogen-bond acceptors (Lipinski definition) is 4. The summed E-state index contributed by atoms with van der Waals surface area (Å²) in [6.07, 6.45) is 2.63. The molecule has 0 aromatic heterocycles. The fourth-order valence-corrected chi connectivity index (χ4v) is 2.01. The summed E-state index contributed by atoms with van der Waals surface area (Å²) in [7, 11) is 4.97. The van der Waals surface area contributed by atoms with Gasteiger partial charge in [-0.2, -0.15) is 0 Å². The highest BCUT2D eigenvalue weighted by atomic mass is 16.5. The number of rotatable bonds is 8. The van der Waals surface area contributed by atoms with Gasteiger partial charge in [0.25, 0.3) is 0 Å². The van der Waals surface area contributed by atoms with E-state index in [1.807, 2.05) is 18.2 Å². The number of benzene rings is 1. The maximum atomic E-state index is 5.59. The fourth-order valence-electron chi connectivity index (χ4n) is 2.01. The van der Waals surface area contributed by atoms with Gasteiger partial charge in [-0.15, -0.1) is 0 Å². The van der Waals surface area contributed by atoms with Crippen molar-refractivity contribution in [2.24, 2.45) is 10.9 Å². The van der Waals surface area contributed by atoms with Crippen LogP contribution in [0.2, 0.25) is 0 Å². The number of nitrogens with zero attached hydrogens (tertiary/aromatic N) is 1. The summed E-state index contributed by atoms with van der Waals surface area (Å²) in [4.78, 5) is 4.19. The van der Waals surface area contributed by atoms with E-state index in [2.05, 4.69) is 15.6 Å². The van der Waals surface area contributed by atoms with Crippen LogP contribution in [0.1, 0.15) is 12.8 Å². The van der Waals surface area contributed by atoms with Gasteiger partial charge >= 0.3 is 0 Å². The van der Waals surface area contributed by atoms with E-state index in [4.69, 9.17) is 14.2 Å². The first kappa shape index (κ1) is 16.4. The molecule has 22 heavy (non-hydrogen) atoms. The first-order chi connectivity index (χ1) is 10.8. The Kier molecular flexibility index (Phi) is 6.33. The predicted molar refractivity (Wildman–Crippen MR) is 88.1 cm³/mol. The van der Waals surface area contributed by atoms with Gasteiger partial charge < -0.3 is 24.8 Å². The van der Waals surface area contributed by atoms with Crippen molar-refractivity contribution in [3.05, 3.63) is 18.2 Å². The predicted octanol–water partition coefficient (Wildman–Crippen LogP) is 2.12. The molecule has 1 saturated carbocycles. The summed E-state index contributed by atoms with van der Waals surface area (Å²) in [5.41, 5.74) is 0.879. The molecule has 1 aromatic rings. The van der Waals surface area contributed by atoms with Crippen LogP contribution in [-0.4, -0.2) is 47.0 Å². The Morgan fingerprint density at radius 2 is 2.00 bits per heavy atom. The molecule has 2 rings (SSSR count). The van der Waals surface area contributed by atoms with Gasteiger partial charge in [-0.25, -0.2) is 0 Å². The minimum atomic E-state index is 0.677. The number of guanidine groups is 1. The molecule has 0 bridgehead atoms. The number of ether oxygens (including phenoxy) is 3. The van der Waals surface area contributed by atoms with Crippen molar-refractivity contribution in [3.63, 3.8) is 0 Å². The van der Waals surface area contributed by atoms with E-state index in [0.717, 1.165) is 24.8 Å². The summed E-state index contributed by atoms with van der Waals surface area (Å²) in [6.45, 7) is 2.28. The molecular weight excluding hydrogens is 282 g/mol. The standard InChI is InChI=1S/C16H25N3O3/c1-17-16(18-8-9-22-11-12-4-5-12)19-13-6-7-14(20-2)15(10-13)21-3/h6-7,10,12H,4-5,8-9,11H2,1-3H3,(H2,17,18,19). The van der Waals surface area contributed by atoms with Crippen LogP contribution in [0.4, 0.5) is 5.69 Å². The molecule has 0 unspecified atom stereocenters. The second-order valence-corrected chi connectivity index (χ2v) is 5.21. The Labute approximate surface area is 131 Å². The SMILES string of the molecule is CN=C(NCCOCC1CC1)Nc1ccc(OC)c(OC)c1. The van der Waals surface area contributed by atoms with E-state index in [1.165, 1.54) is 12.8 Å². The number of nitrogens with one attached hydrogen (secondary N) is 2. The van der Waals surface area contributed by atoms with Crippen molar-refractivity contribution >= 4 is 11.6 Å². The van der Waals surface area contributed by atoms with Crippen molar-refractivity contribution in [3.8, 4) is 11.5 Å². The average molecular weight is 307 g/mol. The molecule has 0 saturated heterocycles. The zero-order chi connectivity index (χ0) is 15.8. The molecule has 0 radical (unpaired) electrons. The molecule has 0 atom stereocenters. The Bertz CT molecular complexity index is 501. The van der Waals surface area contributed by atoms with Gasteiger partial charge in [0.2, 0.25) is 0 Å². The first-order valence-electron chi connectivity index (χ1n) is 7.54. The Balaban J connectivity index is 1.78. The summed E-state index contributed by atoms with van der Waals surface area (Å²) < 4.78 is 16.1. The monoisotopic (exact) mass is 307 g/mol. The van der Waals surface area contributed by atoms with E-state index in [9.17, 15) is 0 Å². The Morgan fingerprint density at radius 1 is 1.23 bits per heavy atom. The van der Waals surface area contributed by atoms with Gasteiger partial charge in [-0.1, -0.05) is 0 Å². The fraction of sp³-hybridized carbons (Fsp3) is 0.562. The highest BCUT2D eigenvalue weighted by molar-refractivity contribution is 5.93. The van der Waals surface area contributed by atoms with Gasteiger partial charge in [0.15, 0.2) is 17.5 Å². The van der Waals surface area contributed by atoms with Crippen LogP contribution in [-0.2, 0) is 4.74 Å². The molecule has 1 aliphatic carbocycles. The van der Waals surface area contributed by atoms with E-state index in [-0.39, 0.29) is 0 Å². The number of anilines is 1. The lowest BCUT2D eigenvalue weighted by molar-refractivity contribution is 0.129. The summed E-state index contributed by atoms with van der Waals surface area (Å²) >= 11 is 0. The van der Waals surface area contributed by atoms with Crippen LogP contribution in [0.15, 0.2) is 23.2 Å². The second-order valence-electron chi connectivity index (χ2n) is 5.21. The van der Waals surface area contributed by atoms with E-state index in [1.54, 1.807) is 21.3 Å². The highest BCUT2D eigenvalue weighted by Gasteiger charge is 2.20. The minimum absolute atomic E-state index is 0.677. The van der Waals surface area contributed by atoms with E-state index in [0.29, 0.717) is 24.1 Å². The zero-order valence-corrected chi connectivity index (χ0v) is 13.5. The largest absolute Gasteiger partial charge is 0.493 e. The van der Waals surface area contributed by atoms with Gasteiger partial charge in [0.05, 0.1) is 20.8 Å². The molecule has 6 nitrogen and oxygen atoms in total. The minimum Gasteiger partial charge on any atom is -0.493 e. The molecule has 6 heteroatoms. The van der Waals surface area contributed by atoms with Crippen LogP contribution in [0.25, 0.3) is 0 Å². The maximum Gasteiger partial charge on any atom is 0.195 e. The van der Waals surface area contributed by atoms with Gasteiger partial charge in [0.1, 0.15) is 0 Å². The van der Waals surface area contributed by atoms with Crippen LogP contribution in [0, 0.1) is 5.92 Å². The van der Waals surface area contributed by atoms with Crippen LogP contribution in [0.5, 0.6) is 11.5 Å². The van der Waals surface area contributed by atoms with E-state index < -0.39 is 0 Å². The van der Waals surface area contributed by atoms with Crippen molar-refractivity contribution < 1.29 is 14.2 Å². The lowest BCUT2D eigenvalue weighted by Crippen LogP contribution is -2.33. The Morgan fingerprint density at radius 3 is 2.64 bits per heavy atom. The molecule has 0 heterocycles. The van der Waals surface area contributed by atoms with Gasteiger partial charge in [0, 0.05) is 32.0 Å². The normalized spacial score (nSPS) is 14.6. The third kappa shape index (κ3) is 5.11. The molecule has 0 spiro atoms. The van der Waals surface area contributed by atoms with Crippen molar-refractivity contribution in [2.45, 2.75) is 12.8 Å². The summed E-state index contributed by atoms with van der Waals surface area (Å²) in [5, 5.41) is 6.43. The lowest BCUT2D eigenvalue weighted by Gasteiger charge is -2.14. The molecular formula is C16H25N3O3. The van der Waals surface area contributed by atoms with Crippen LogP contribution >= 0.6 is 0 Å². The molecule has 0 aliphatic heterocycles. The highest BCUT2D eigenvalue weighted by Crippen LogP contribution is 2.29.